The summed E-state index contributed by atoms with van der Waals surface area (Å²) in [6, 6.07) is 25.6. The lowest BCUT2D eigenvalue weighted by molar-refractivity contribution is 0.263. The summed E-state index contributed by atoms with van der Waals surface area (Å²) in [4.78, 5) is 7.06. The summed E-state index contributed by atoms with van der Waals surface area (Å²) < 4.78 is 15.3. The number of nitrogens with zero attached hydrogens (tertiary/aromatic N) is 2. The van der Waals surface area contributed by atoms with Crippen molar-refractivity contribution in [2.45, 2.75) is 18.9 Å². The van der Waals surface area contributed by atoms with E-state index in [0.717, 1.165) is 42.8 Å². The first-order chi connectivity index (χ1) is 14.2. The van der Waals surface area contributed by atoms with Gasteiger partial charge in [0, 0.05) is 17.2 Å². The number of piperidine rings is 1. The molecule has 0 atom stereocenters. The first kappa shape index (κ1) is 19.3. The van der Waals surface area contributed by atoms with Crippen LogP contribution >= 0.6 is 0 Å². The van der Waals surface area contributed by atoms with Crippen LogP contribution in [0.25, 0.3) is 0 Å². The highest BCUT2D eigenvalue weighted by Gasteiger charge is 2.18. The van der Waals surface area contributed by atoms with Crippen molar-refractivity contribution in [3.8, 4) is 0 Å². The highest BCUT2D eigenvalue weighted by atomic mass is 19.1. The van der Waals surface area contributed by atoms with Crippen molar-refractivity contribution in [3.63, 3.8) is 0 Å². The number of hydrogen-bond acceptors (Lipinski definition) is 3. The predicted molar refractivity (Wildman–Crippen MR) is 119 cm³/mol. The van der Waals surface area contributed by atoms with Crippen LogP contribution in [-0.2, 0) is 0 Å². The van der Waals surface area contributed by atoms with Crippen molar-refractivity contribution < 1.29 is 4.39 Å². The lowest BCUT2D eigenvalue weighted by Crippen LogP contribution is -2.36. The Morgan fingerprint density at radius 3 is 2.03 bits per heavy atom. The normalized spacial score (nSPS) is 15.1. The van der Waals surface area contributed by atoms with E-state index in [-0.39, 0.29) is 5.82 Å². The molecule has 148 valence electrons. The molecule has 0 bridgehead atoms. The van der Waals surface area contributed by atoms with Crippen LogP contribution in [-0.4, -0.2) is 36.8 Å². The second kappa shape index (κ2) is 9.01. The Morgan fingerprint density at radius 2 is 1.45 bits per heavy atom. The van der Waals surface area contributed by atoms with E-state index in [1.165, 1.54) is 0 Å². The summed E-state index contributed by atoms with van der Waals surface area (Å²) in [6.07, 6.45) is 2.03. The maximum Gasteiger partial charge on any atom is 0.171 e. The molecular weight excluding hydrogens is 361 g/mol. The molecule has 0 saturated carbocycles. The van der Waals surface area contributed by atoms with E-state index in [4.69, 9.17) is 4.99 Å². The third-order valence-corrected chi connectivity index (χ3v) is 5.38. The quantitative estimate of drug-likeness (QED) is 0.585. The Hall–Kier alpha value is -2.98. The molecule has 3 aromatic rings. The highest BCUT2D eigenvalue weighted by Crippen LogP contribution is 2.28. The van der Waals surface area contributed by atoms with Crippen molar-refractivity contribution in [1.82, 2.24) is 4.90 Å². The third-order valence-electron chi connectivity index (χ3n) is 5.38. The van der Waals surface area contributed by atoms with E-state index in [1.807, 2.05) is 66.7 Å². The fraction of sp³-hybridized carbons (Fsp3) is 0.240. The molecule has 3 nitrogen and oxygen atoms in total. The van der Waals surface area contributed by atoms with E-state index < -0.39 is 0 Å². The molecule has 0 amide bonds. The van der Waals surface area contributed by atoms with Crippen molar-refractivity contribution in [2.75, 3.05) is 25.5 Å². The lowest BCUT2D eigenvalue weighted by Gasteiger charge is -2.30. The zero-order valence-corrected chi connectivity index (χ0v) is 16.7. The molecule has 1 N–H and O–H groups in total. The molecule has 3 aromatic carbocycles. The van der Waals surface area contributed by atoms with Gasteiger partial charge in [-0.25, -0.2) is 9.38 Å². The van der Waals surface area contributed by atoms with Crippen LogP contribution in [0.4, 0.5) is 15.8 Å². The molecule has 1 saturated heterocycles. The van der Waals surface area contributed by atoms with E-state index in [0.29, 0.717) is 17.4 Å². The van der Waals surface area contributed by atoms with Gasteiger partial charge in [-0.3, -0.25) is 0 Å². The van der Waals surface area contributed by atoms with Gasteiger partial charge >= 0.3 is 0 Å². The van der Waals surface area contributed by atoms with Crippen LogP contribution in [0.3, 0.4) is 0 Å². The van der Waals surface area contributed by atoms with Gasteiger partial charge in [0.05, 0.1) is 11.4 Å². The number of hydrogen-bond donors (Lipinski definition) is 1. The molecular formula is C25H26FN3. The van der Waals surface area contributed by atoms with Crippen LogP contribution in [0.2, 0.25) is 0 Å². The van der Waals surface area contributed by atoms with E-state index in [2.05, 4.69) is 17.3 Å². The van der Waals surface area contributed by atoms with Crippen LogP contribution in [0.15, 0.2) is 83.9 Å². The molecule has 4 rings (SSSR count). The van der Waals surface area contributed by atoms with Crippen LogP contribution in [0, 0.1) is 5.82 Å². The molecule has 0 radical (unpaired) electrons. The van der Waals surface area contributed by atoms with E-state index >= 15 is 4.39 Å². The van der Waals surface area contributed by atoms with Gasteiger partial charge in [0.15, 0.2) is 5.82 Å². The Bertz CT molecular complexity index is 920. The minimum absolute atomic E-state index is 0.294. The lowest BCUT2D eigenvalue weighted by atomic mass is 10.0. The molecule has 1 heterocycles. The Labute approximate surface area is 171 Å². The van der Waals surface area contributed by atoms with Gasteiger partial charge in [0.1, 0.15) is 5.69 Å². The van der Waals surface area contributed by atoms with Crippen LogP contribution in [0.1, 0.15) is 24.0 Å². The second-order valence-electron chi connectivity index (χ2n) is 7.55. The van der Waals surface area contributed by atoms with Crippen molar-refractivity contribution in [1.29, 1.82) is 0 Å². The summed E-state index contributed by atoms with van der Waals surface area (Å²) in [7, 11) is 2.13. The number of rotatable bonds is 5. The van der Waals surface area contributed by atoms with Gasteiger partial charge in [-0.1, -0.05) is 66.7 Å². The maximum absolute atomic E-state index is 15.3. The molecule has 0 aliphatic carbocycles. The number of nitrogens with one attached hydrogen (secondary N) is 1. The van der Waals surface area contributed by atoms with Crippen LogP contribution < -0.4 is 5.32 Å². The maximum atomic E-state index is 15.3. The molecule has 0 spiro atoms. The Kier molecular flexibility index (Phi) is 6.01. The van der Waals surface area contributed by atoms with Gasteiger partial charge in [-0.05, 0) is 45.1 Å². The number of benzene rings is 3. The van der Waals surface area contributed by atoms with Gasteiger partial charge in [-0.2, -0.15) is 0 Å². The number of halogens is 1. The van der Waals surface area contributed by atoms with Crippen molar-refractivity contribution in [3.05, 3.63) is 95.8 Å². The Balaban J connectivity index is 1.68. The van der Waals surface area contributed by atoms with Crippen molar-refractivity contribution >= 4 is 17.1 Å². The highest BCUT2D eigenvalue weighted by molar-refractivity contribution is 6.14. The van der Waals surface area contributed by atoms with E-state index in [9.17, 15) is 0 Å². The number of likely N-dealkylation sites (tertiary alicyclic amines) is 1. The predicted octanol–water partition coefficient (Wildman–Crippen LogP) is 5.50. The first-order valence-corrected chi connectivity index (χ1v) is 10.1. The standard InChI is InChI=1S/C25H26FN3/c1-29-17-15-21(16-18-29)27-22-13-8-14-23(24(22)26)28-25(19-9-4-2-5-10-19)20-11-6-3-7-12-20/h2-14,21,27H,15-18H2,1H3. The van der Waals surface area contributed by atoms with Gasteiger partial charge in [-0.15, -0.1) is 0 Å². The average Bonchev–Trinajstić information content (AvgIpc) is 2.77. The SMILES string of the molecule is CN1CCC(Nc2cccc(N=C(c3ccccc3)c3ccccc3)c2F)CC1. The number of anilines is 1. The summed E-state index contributed by atoms with van der Waals surface area (Å²) in [6.45, 7) is 2.06. The first-order valence-electron chi connectivity index (χ1n) is 10.1. The minimum atomic E-state index is -0.296. The summed E-state index contributed by atoms with van der Waals surface area (Å²) in [5.41, 5.74) is 3.58. The number of aliphatic imine (C=N–C) groups is 1. The molecule has 0 unspecified atom stereocenters. The summed E-state index contributed by atoms with van der Waals surface area (Å²) >= 11 is 0. The minimum Gasteiger partial charge on any atom is -0.380 e. The smallest absolute Gasteiger partial charge is 0.171 e. The monoisotopic (exact) mass is 387 g/mol. The molecule has 29 heavy (non-hydrogen) atoms. The molecule has 1 aliphatic rings. The third kappa shape index (κ3) is 4.72. The molecule has 0 aromatic heterocycles. The Morgan fingerprint density at radius 1 is 0.862 bits per heavy atom. The summed E-state index contributed by atoms with van der Waals surface area (Å²) in [5.74, 6) is -0.296. The van der Waals surface area contributed by atoms with Crippen molar-refractivity contribution in [2.24, 2.45) is 4.99 Å². The topological polar surface area (TPSA) is 27.6 Å². The van der Waals surface area contributed by atoms with Gasteiger partial charge in [0.2, 0.25) is 0 Å². The fourth-order valence-electron chi connectivity index (χ4n) is 3.70. The zero-order valence-electron chi connectivity index (χ0n) is 16.7. The largest absolute Gasteiger partial charge is 0.380 e. The van der Waals surface area contributed by atoms with Crippen LogP contribution in [0.5, 0.6) is 0 Å². The van der Waals surface area contributed by atoms with E-state index in [1.54, 1.807) is 12.1 Å². The second-order valence-corrected chi connectivity index (χ2v) is 7.55. The molecule has 1 fully saturated rings. The molecule has 4 heteroatoms. The summed E-state index contributed by atoms with van der Waals surface area (Å²) in [5, 5.41) is 3.39. The average molecular weight is 388 g/mol. The fourth-order valence-corrected chi connectivity index (χ4v) is 3.70. The van der Waals surface area contributed by atoms with Gasteiger partial charge < -0.3 is 10.2 Å². The molecule has 1 aliphatic heterocycles. The van der Waals surface area contributed by atoms with Gasteiger partial charge in [0.25, 0.3) is 0 Å². The zero-order chi connectivity index (χ0) is 20.1.